The van der Waals surface area contributed by atoms with E-state index in [1.54, 1.807) is 25.1 Å². The van der Waals surface area contributed by atoms with Crippen molar-refractivity contribution in [3.63, 3.8) is 0 Å². The van der Waals surface area contributed by atoms with Gasteiger partial charge in [0.2, 0.25) is 0 Å². The van der Waals surface area contributed by atoms with Crippen LogP contribution >= 0.6 is 11.6 Å². The third-order valence-electron chi connectivity index (χ3n) is 3.26. The number of hydrogen-bond donors (Lipinski definition) is 1. The lowest BCUT2D eigenvalue weighted by atomic mass is 10.2. The van der Waals surface area contributed by atoms with Crippen molar-refractivity contribution in [2.45, 2.75) is 26.4 Å². The second-order valence-corrected chi connectivity index (χ2v) is 5.45. The van der Waals surface area contributed by atoms with Crippen LogP contribution in [0.25, 0.3) is 0 Å². The first kappa shape index (κ1) is 17.2. The minimum Gasteiger partial charge on any atom is -0.481 e. The first-order chi connectivity index (χ1) is 10.9. The Morgan fingerprint density at radius 3 is 2.57 bits per heavy atom. The minimum atomic E-state index is -1.02. The van der Waals surface area contributed by atoms with Gasteiger partial charge >= 0.3 is 0 Å². The molecule has 0 saturated heterocycles. The molecule has 0 aliphatic rings. The van der Waals surface area contributed by atoms with Crippen molar-refractivity contribution in [1.82, 2.24) is 0 Å². The van der Waals surface area contributed by atoms with Gasteiger partial charge in [0.05, 0.1) is 0 Å². The lowest BCUT2D eigenvalue weighted by molar-refractivity contribution is -0.122. The number of rotatable bonds is 5. The molecular weight excluding hydrogens is 324 g/mol. The van der Waals surface area contributed by atoms with E-state index in [1.807, 2.05) is 6.92 Å². The molecule has 0 fully saturated rings. The van der Waals surface area contributed by atoms with Crippen LogP contribution in [0, 0.1) is 18.6 Å². The maximum Gasteiger partial charge on any atom is 0.265 e. The molecule has 3 nitrogen and oxygen atoms in total. The van der Waals surface area contributed by atoms with Gasteiger partial charge in [-0.1, -0.05) is 18.5 Å². The van der Waals surface area contributed by atoms with Crippen LogP contribution in [-0.2, 0) is 4.79 Å². The SMILES string of the molecule is CC[C@@H](Oc1ccc(Cl)c(C)c1)C(=O)Nc1ccc(F)c(F)c1. The van der Waals surface area contributed by atoms with Crippen molar-refractivity contribution >= 4 is 23.2 Å². The summed E-state index contributed by atoms with van der Waals surface area (Å²) in [7, 11) is 0. The quantitative estimate of drug-likeness (QED) is 0.855. The van der Waals surface area contributed by atoms with E-state index in [0.717, 1.165) is 17.7 Å². The van der Waals surface area contributed by atoms with E-state index in [9.17, 15) is 13.6 Å². The highest BCUT2D eigenvalue weighted by atomic mass is 35.5. The number of benzene rings is 2. The summed E-state index contributed by atoms with van der Waals surface area (Å²) in [5.74, 6) is -1.92. The molecule has 2 rings (SSSR count). The van der Waals surface area contributed by atoms with Crippen LogP contribution < -0.4 is 10.1 Å². The highest BCUT2D eigenvalue weighted by Gasteiger charge is 2.19. The normalized spacial score (nSPS) is 11.9. The summed E-state index contributed by atoms with van der Waals surface area (Å²) >= 11 is 5.95. The lowest BCUT2D eigenvalue weighted by Crippen LogP contribution is -2.32. The van der Waals surface area contributed by atoms with Gasteiger partial charge in [-0.25, -0.2) is 8.78 Å². The fourth-order valence-corrected chi connectivity index (χ4v) is 2.09. The number of anilines is 1. The van der Waals surface area contributed by atoms with Crippen molar-refractivity contribution in [2.75, 3.05) is 5.32 Å². The van der Waals surface area contributed by atoms with E-state index in [4.69, 9.17) is 16.3 Å². The van der Waals surface area contributed by atoms with Crippen LogP contribution in [0.2, 0.25) is 5.02 Å². The maximum absolute atomic E-state index is 13.2. The summed E-state index contributed by atoms with van der Waals surface area (Å²) in [6, 6.07) is 8.25. The Hall–Kier alpha value is -2.14. The molecule has 6 heteroatoms. The van der Waals surface area contributed by atoms with Crippen molar-refractivity contribution in [2.24, 2.45) is 0 Å². The Morgan fingerprint density at radius 1 is 1.22 bits per heavy atom. The van der Waals surface area contributed by atoms with Gasteiger partial charge in [0.1, 0.15) is 5.75 Å². The predicted molar refractivity (Wildman–Crippen MR) is 85.9 cm³/mol. The summed E-state index contributed by atoms with van der Waals surface area (Å²) in [5, 5.41) is 3.12. The molecule has 0 aliphatic carbocycles. The molecule has 0 bridgehead atoms. The van der Waals surface area contributed by atoms with E-state index in [1.165, 1.54) is 6.07 Å². The molecule has 1 N–H and O–H groups in total. The number of aryl methyl sites for hydroxylation is 1. The van der Waals surface area contributed by atoms with Crippen LogP contribution in [0.1, 0.15) is 18.9 Å². The number of halogens is 3. The number of hydrogen-bond acceptors (Lipinski definition) is 2. The van der Waals surface area contributed by atoms with Gasteiger partial charge in [-0.05, 0) is 49.2 Å². The molecule has 2 aromatic rings. The Balaban J connectivity index is 2.08. The van der Waals surface area contributed by atoms with E-state index in [-0.39, 0.29) is 5.69 Å². The predicted octanol–water partition coefficient (Wildman–Crippen LogP) is 4.72. The molecule has 0 aromatic heterocycles. The van der Waals surface area contributed by atoms with E-state index in [0.29, 0.717) is 17.2 Å². The first-order valence-corrected chi connectivity index (χ1v) is 7.47. The zero-order chi connectivity index (χ0) is 17.0. The van der Waals surface area contributed by atoms with Crippen LogP contribution in [0.15, 0.2) is 36.4 Å². The molecule has 0 radical (unpaired) electrons. The lowest BCUT2D eigenvalue weighted by Gasteiger charge is -2.18. The topological polar surface area (TPSA) is 38.3 Å². The van der Waals surface area contributed by atoms with Gasteiger partial charge in [-0.2, -0.15) is 0 Å². The van der Waals surface area contributed by atoms with Crippen molar-refractivity contribution in [1.29, 1.82) is 0 Å². The first-order valence-electron chi connectivity index (χ1n) is 7.09. The summed E-state index contributed by atoms with van der Waals surface area (Å²) in [6.07, 6.45) is -0.347. The van der Waals surface area contributed by atoms with Gasteiger partial charge in [0.15, 0.2) is 17.7 Å². The molecule has 0 heterocycles. The molecule has 0 unspecified atom stereocenters. The summed E-state index contributed by atoms with van der Waals surface area (Å²) in [5.41, 5.74) is 1.00. The molecule has 0 saturated carbocycles. The smallest absolute Gasteiger partial charge is 0.265 e. The molecule has 0 spiro atoms. The van der Waals surface area contributed by atoms with E-state index < -0.39 is 23.6 Å². The second kappa shape index (κ2) is 7.42. The molecule has 122 valence electrons. The standard InChI is InChI=1S/C17H16ClF2NO2/c1-3-16(23-12-5-6-13(18)10(2)8-12)17(22)21-11-4-7-14(19)15(20)9-11/h4-9,16H,3H2,1-2H3,(H,21,22)/t16-/m1/s1. The third-order valence-corrected chi connectivity index (χ3v) is 3.68. The van der Waals surface area contributed by atoms with E-state index in [2.05, 4.69) is 5.32 Å². The Kier molecular flexibility index (Phi) is 5.55. The Labute approximate surface area is 138 Å². The van der Waals surface area contributed by atoms with Crippen molar-refractivity contribution < 1.29 is 18.3 Å². The van der Waals surface area contributed by atoms with Gasteiger partial charge in [-0.3, -0.25) is 4.79 Å². The number of carbonyl (C=O) groups excluding carboxylic acids is 1. The van der Waals surface area contributed by atoms with Crippen LogP contribution in [-0.4, -0.2) is 12.0 Å². The fraction of sp³-hybridized carbons (Fsp3) is 0.235. The Morgan fingerprint density at radius 2 is 1.96 bits per heavy atom. The minimum absolute atomic E-state index is 0.170. The number of ether oxygens (including phenoxy) is 1. The highest BCUT2D eigenvalue weighted by Crippen LogP contribution is 2.23. The van der Waals surface area contributed by atoms with Crippen LogP contribution in [0.5, 0.6) is 5.75 Å². The summed E-state index contributed by atoms with van der Waals surface area (Å²) < 4.78 is 31.7. The zero-order valence-electron chi connectivity index (χ0n) is 12.7. The van der Waals surface area contributed by atoms with E-state index >= 15 is 0 Å². The van der Waals surface area contributed by atoms with Crippen LogP contribution in [0.4, 0.5) is 14.5 Å². The van der Waals surface area contributed by atoms with Gasteiger partial charge in [0, 0.05) is 16.8 Å². The molecule has 1 atom stereocenters. The van der Waals surface area contributed by atoms with Crippen LogP contribution in [0.3, 0.4) is 0 Å². The molecular formula is C17H16ClF2NO2. The van der Waals surface area contributed by atoms with Gasteiger partial charge in [0.25, 0.3) is 5.91 Å². The number of amides is 1. The van der Waals surface area contributed by atoms with Crippen molar-refractivity contribution in [3.8, 4) is 5.75 Å². The maximum atomic E-state index is 13.2. The van der Waals surface area contributed by atoms with Gasteiger partial charge in [-0.15, -0.1) is 0 Å². The van der Waals surface area contributed by atoms with Gasteiger partial charge < -0.3 is 10.1 Å². The average Bonchev–Trinajstić information content (AvgIpc) is 2.52. The number of carbonyl (C=O) groups is 1. The largest absolute Gasteiger partial charge is 0.481 e. The molecule has 2 aromatic carbocycles. The highest BCUT2D eigenvalue weighted by molar-refractivity contribution is 6.31. The fourth-order valence-electron chi connectivity index (χ4n) is 1.97. The second-order valence-electron chi connectivity index (χ2n) is 5.04. The third kappa shape index (κ3) is 4.42. The molecule has 23 heavy (non-hydrogen) atoms. The zero-order valence-corrected chi connectivity index (χ0v) is 13.5. The molecule has 0 aliphatic heterocycles. The van der Waals surface area contributed by atoms with Crippen molar-refractivity contribution in [3.05, 3.63) is 58.6 Å². The Bertz CT molecular complexity index is 722. The number of nitrogens with one attached hydrogen (secondary N) is 1. The molecule has 1 amide bonds. The average molecular weight is 340 g/mol. The monoisotopic (exact) mass is 339 g/mol. The summed E-state index contributed by atoms with van der Waals surface area (Å²) in [6.45, 7) is 3.62. The summed E-state index contributed by atoms with van der Waals surface area (Å²) in [4.78, 5) is 12.2.